The topological polar surface area (TPSA) is 38.1 Å². The van der Waals surface area contributed by atoms with Gasteiger partial charge in [0.1, 0.15) is 5.82 Å². The summed E-state index contributed by atoms with van der Waals surface area (Å²) in [7, 11) is 1.92. The number of halogens is 1. The average Bonchev–Trinajstić information content (AvgIpc) is 2.29. The second kappa shape index (κ2) is 3.92. The van der Waals surface area contributed by atoms with Crippen molar-refractivity contribution < 1.29 is 5.11 Å². The number of aliphatic hydroxyl groups excluding tert-OH is 1. The van der Waals surface area contributed by atoms with Crippen LogP contribution in [0.1, 0.15) is 18.4 Å². The quantitative estimate of drug-likeness (QED) is 0.774. The lowest BCUT2D eigenvalue weighted by atomic mass is 10.3. The van der Waals surface area contributed by atoms with Gasteiger partial charge in [-0.15, -0.1) is 0 Å². The molecule has 3 nitrogen and oxygen atoms in total. The molecule has 0 saturated heterocycles. The summed E-state index contributed by atoms with van der Waals surface area (Å²) in [6, 6.07) is 0. The minimum absolute atomic E-state index is 0.115. The lowest BCUT2D eigenvalue weighted by Gasteiger charge is -2.01. The van der Waals surface area contributed by atoms with E-state index in [2.05, 4.69) is 4.98 Å². The van der Waals surface area contributed by atoms with Gasteiger partial charge in [0.05, 0.1) is 12.3 Å². The Balaban J connectivity index is 3.00. The summed E-state index contributed by atoms with van der Waals surface area (Å²) in [6.07, 6.45) is 1.43. The Morgan fingerprint density at radius 3 is 2.67 bits per heavy atom. The number of rotatable bonds is 3. The van der Waals surface area contributed by atoms with E-state index in [1.54, 1.807) is 0 Å². The maximum atomic E-state index is 8.72. The third-order valence-corrected chi connectivity index (χ3v) is 2.23. The molecule has 0 aromatic carbocycles. The average molecular weight is 189 g/mol. The van der Waals surface area contributed by atoms with Crippen LogP contribution in [0.2, 0.25) is 5.15 Å². The summed E-state index contributed by atoms with van der Waals surface area (Å²) in [4.78, 5) is 4.14. The molecule has 0 saturated carbocycles. The van der Waals surface area contributed by atoms with Crippen LogP contribution >= 0.6 is 11.6 Å². The number of aromatic nitrogens is 2. The third-order valence-electron chi connectivity index (χ3n) is 1.93. The van der Waals surface area contributed by atoms with E-state index < -0.39 is 0 Å². The van der Waals surface area contributed by atoms with Crippen LogP contribution in [0.25, 0.3) is 0 Å². The second-order valence-corrected chi connectivity index (χ2v) is 3.01. The first-order valence-electron chi connectivity index (χ1n) is 4.01. The number of hydrogen-bond donors (Lipinski definition) is 1. The molecule has 0 atom stereocenters. The Hall–Kier alpha value is -0.540. The number of hydrogen-bond acceptors (Lipinski definition) is 2. The molecule has 12 heavy (non-hydrogen) atoms. The summed E-state index contributed by atoms with van der Waals surface area (Å²) in [6.45, 7) is 2.15. The Morgan fingerprint density at radius 1 is 1.58 bits per heavy atom. The van der Waals surface area contributed by atoms with E-state index in [-0.39, 0.29) is 6.61 Å². The zero-order valence-electron chi connectivity index (χ0n) is 7.34. The molecule has 1 aromatic rings. The normalized spacial score (nSPS) is 10.7. The van der Waals surface area contributed by atoms with Gasteiger partial charge in [0.15, 0.2) is 5.15 Å². The molecule has 0 aliphatic rings. The van der Waals surface area contributed by atoms with Crippen LogP contribution < -0.4 is 0 Å². The maximum Gasteiger partial charge on any atom is 0.150 e. The third kappa shape index (κ3) is 1.62. The molecule has 1 rings (SSSR count). The minimum atomic E-state index is 0.115. The predicted molar refractivity (Wildman–Crippen MR) is 48.4 cm³/mol. The Kier molecular flexibility index (Phi) is 3.12. The van der Waals surface area contributed by atoms with Crippen LogP contribution in [0.5, 0.6) is 0 Å². The Labute approximate surface area is 77.0 Å². The van der Waals surface area contributed by atoms with Crippen LogP contribution in [0.3, 0.4) is 0 Å². The van der Waals surface area contributed by atoms with Gasteiger partial charge in [-0.25, -0.2) is 4.98 Å². The van der Waals surface area contributed by atoms with Gasteiger partial charge in [0.2, 0.25) is 0 Å². The summed E-state index contributed by atoms with van der Waals surface area (Å²) < 4.78 is 1.94. The predicted octanol–water partition coefficient (Wildman–Crippen LogP) is 1.17. The molecule has 0 spiro atoms. The van der Waals surface area contributed by atoms with Crippen molar-refractivity contribution in [3.63, 3.8) is 0 Å². The fraction of sp³-hybridized carbons (Fsp3) is 0.625. The van der Waals surface area contributed by atoms with Gasteiger partial charge >= 0.3 is 0 Å². The molecule has 68 valence electrons. The lowest BCUT2D eigenvalue weighted by molar-refractivity contribution is 0.295. The van der Waals surface area contributed by atoms with Gasteiger partial charge in [-0.2, -0.15) is 0 Å². The van der Waals surface area contributed by atoms with Crippen LogP contribution in [0.4, 0.5) is 0 Å². The zero-order chi connectivity index (χ0) is 9.14. The first-order valence-corrected chi connectivity index (χ1v) is 4.39. The Morgan fingerprint density at radius 2 is 2.25 bits per heavy atom. The van der Waals surface area contributed by atoms with E-state index >= 15 is 0 Å². The highest BCUT2D eigenvalue weighted by Crippen LogP contribution is 2.16. The number of nitrogens with zero attached hydrogens (tertiary/aromatic N) is 2. The van der Waals surface area contributed by atoms with Gasteiger partial charge < -0.3 is 9.67 Å². The van der Waals surface area contributed by atoms with Crippen LogP contribution in [-0.4, -0.2) is 21.3 Å². The van der Waals surface area contributed by atoms with E-state index in [1.807, 2.05) is 18.5 Å². The van der Waals surface area contributed by atoms with Crippen LogP contribution in [0.15, 0.2) is 0 Å². The highest BCUT2D eigenvalue weighted by Gasteiger charge is 2.09. The highest BCUT2D eigenvalue weighted by atomic mass is 35.5. The molecule has 0 aliphatic carbocycles. The first kappa shape index (κ1) is 9.55. The van der Waals surface area contributed by atoms with Crippen molar-refractivity contribution in [1.82, 2.24) is 9.55 Å². The first-order chi connectivity index (χ1) is 5.70. The molecule has 0 unspecified atom stereocenters. The van der Waals surface area contributed by atoms with Crippen molar-refractivity contribution >= 4 is 11.6 Å². The highest BCUT2D eigenvalue weighted by molar-refractivity contribution is 6.30. The fourth-order valence-electron chi connectivity index (χ4n) is 1.25. The van der Waals surface area contributed by atoms with Crippen molar-refractivity contribution in [2.45, 2.75) is 19.8 Å². The van der Waals surface area contributed by atoms with E-state index in [1.165, 1.54) is 0 Å². The zero-order valence-corrected chi connectivity index (χ0v) is 8.10. The molecule has 0 aliphatic heterocycles. The summed E-state index contributed by atoms with van der Waals surface area (Å²) in [5, 5.41) is 9.28. The van der Waals surface area contributed by atoms with Crippen molar-refractivity contribution in [2.75, 3.05) is 6.61 Å². The monoisotopic (exact) mass is 188 g/mol. The molecule has 0 fully saturated rings. The summed E-state index contributed by atoms with van der Waals surface area (Å²) in [5.41, 5.74) is 1.03. The molecule has 1 N–H and O–H groups in total. The van der Waals surface area contributed by atoms with Gasteiger partial charge in [0.25, 0.3) is 0 Å². The second-order valence-electron chi connectivity index (χ2n) is 2.65. The molecule has 1 aromatic heterocycles. The fourth-order valence-corrected chi connectivity index (χ4v) is 1.61. The van der Waals surface area contributed by atoms with Gasteiger partial charge in [0, 0.05) is 13.5 Å². The van der Waals surface area contributed by atoms with Crippen molar-refractivity contribution in [3.8, 4) is 0 Å². The van der Waals surface area contributed by atoms with Gasteiger partial charge in [-0.3, -0.25) is 0 Å². The smallest absolute Gasteiger partial charge is 0.150 e. The minimum Gasteiger partial charge on any atom is -0.396 e. The standard InChI is InChI=1S/C8H13ClN2O/c1-3-6-8(9)10-7(4-5-12)11(6)2/h12H,3-5H2,1-2H3. The SMILES string of the molecule is CCc1c(Cl)nc(CCO)n1C. The Bertz CT molecular complexity index is 270. The lowest BCUT2D eigenvalue weighted by Crippen LogP contribution is -2.03. The van der Waals surface area contributed by atoms with Crippen molar-refractivity contribution in [3.05, 3.63) is 16.7 Å². The molecule has 4 heteroatoms. The van der Waals surface area contributed by atoms with Crippen molar-refractivity contribution in [2.24, 2.45) is 7.05 Å². The summed E-state index contributed by atoms with van der Waals surface area (Å²) >= 11 is 5.87. The largest absolute Gasteiger partial charge is 0.396 e. The molecule has 0 bridgehead atoms. The number of imidazole rings is 1. The van der Waals surface area contributed by atoms with Crippen molar-refractivity contribution in [1.29, 1.82) is 0 Å². The number of aliphatic hydroxyl groups is 1. The van der Waals surface area contributed by atoms with E-state index in [4.69, 9.17) is 16.7 Å². The van der Waals surface area contributed by atoms with E-state index in [0.717, 1.165) is 17.9 Å². The molecular weight excluding hydrogens is 176 g/mol. The maximum absolute atomic E-state index is 8.72. The molecule has 0 amide bonds. The van der Waals surface area contributed by atoms with Crippen LogP contribution in [0, 0.1) is 0 Å². The van der Waals surface area contributed by atoms with Crippen LogP contribution in [-0.2, 0) is 19.9 Å². The van der Waals surface area contributed by atoms with E-state index in [9.17, 15) is 0 Å². The molecular formula is C8H13ClN2O. The molecule has 1 heterocycles. The summed E-state index contributed by atoms with van der Waals surface area (Å²) in [5.74, 6) is 0.847. The van der Waals surface area contributed by atoms with E-state index in [0.29, 0.717) is 11.6 Å². The van der Waals surface area contributed by atoms with Gasteiger partial charge in [-0.1, -0.05) is 18.5 Å². The van der Waals surface area contributed by atoms with Gasteiger partial charge in [-0.05, 0) is 6.42 Å². The molecule has 0 radical (unpaired) electrons.